The molecule has 2 heteroatoms. The quantitative estimate of drug-likeness (QED) is 0.204. The first-order valence-corrected chi connectivity index (χ1v) is 15.4. The highest BCUT2D eigenvalue weighted by atomic mass is 16.5. The molecule has 45 heavy (non-hydrogen) atoms. The van der Waals surface area contributed by atoms with E-state index < -0.39 is 5.41 Å². The van der Waals surface area contributed by atoms with Gasteiger partial charge in [0.15, 0.2) is 0 Å². The number of aromatic nitrogens is 1. The van der Waals surface area contributed by atoms with Gasteiger partial charge in [-0.1, -0.05) is 133 Å². The molecule has 0 aliphatic carbocycles. The first-order valence-electron chi connectivity index (χ1n) is 15.4. The lowest BCUT2D eigenvalue weighted by molar-refractivity contribution is 0.434. The van der Waals surface area contributed by atoms with Crippen molar-refractivity contribution in [2.45, 2.75) is 5.41 Å². The number of ether oxygens (including phenoxy) is 1. The minimum atomic E-state index is -0.536. The van der Waals surface area contributed by atoms with Crippen molar-refractivity contribution in [3.05, 3.63) is 198 Å². The fourth-order valence-electron chi connectivity index (χ4n) is 7.39. The van der Waals surface area contributed by atoms with Gasteiger partial charge in [-0.3, -0.25) is 0 Å². The van der Waals surface area contributed by atoms with Crippen molar-refractivity contribution in [3.63, 3.8) is 0 Å². The van der Waals surface area contributed by atoms with Crippen molar-refractivity contribution in [1.82, 2.24) is 4.57 Å². The van der Waals surface area contributed by atoms with Crippen molar-refractivity contribution in [3.8, 4) is 28.3 Å². The number of fused-ring (bicyclic) bond motifs is 5. The third kappa shape index (κ3) is 3.82. The van der Waals surface area contributed by atoms with E-state index in [9.17, 15) is 0 Å². The molecule has 2 nitrogen and oxygen atoms in total. The Balaban J connectivity index is 1.23. The van der Waals surface area contributed by atoms with Crippen LogP contribution in [0.4, 0.5) is 0 Å². The fraction of sp³-hybridized carbons (Fsp3) is 0.0233. The van der Waals surface area contributed by atoms with Crippen molar-refractivity contribution in [2.24, 2.45) is 0 Å². The van der Waals surface area contributed by atoms with Gasteiger partial charge >= 0.3 is 0 Å². The molecule has 2 heterocycles. The largest absolute Gasteiger partial charge is 0.457 e. The molecule has 0 radical (unpaired) electrons. The predicted octanol–water partition coefficient (Wildman–Crippen LogP) is 10.9. The Bertz CT molecular complexity index is 2240. The average molecular weight is 576 g/mol. The highest BCUT2D eigenvalue weighted by Gasteiger charge is 2.45. The van der Waals surface area contributed by atoms with Gasteiger partial charge in [-0.15, -0.1) is 0 Å². The molecular formula is C43H29NO. The second-order valence-electron chi connectivity index (χ2n) is 11.7. The average Bonchev–Trinajstić information content (AvgIpc) is 3.46. The molecule has 212 valence electrons. The molecule has 0 saturated carbocycles. The molecule has 1 aliphatic heterocycles. The van der Waals surface area contributed by atoms with Crippen LogP contribution in [0.25, 0.3) is 38.6 Å². The van der Waals surface area contributed by atoms with Crippen LogP contribution >= 0.6 is 0 Å². The molecule has 0 spiro atoms. The first kappa shape index (κ1) is 25.6. The van der Waals surface area contributed by atoms with Gasteiger partial charge in [0, 0.05) is 27.6 Å². The van der Waals surface area contributed by atoms with Gasteiger partial charge in [0.2, 0.25) is 0 Å². The molecule has 1 aliphatic rings. The minimum absolute atomic E-state index is 0.536. The minimum Gasteiger partial charge on any atom is -0.457 e. The summed E-state index contributed by atoms with van der Waals surface area (Å²) in [6, 6.07) is 63.1. The number of benzene rings is 7. The van der Waals surface area contributed by atoms with E-state index >= 15 is 0 Å². The van der Waals surface area contributed by atoms with Gasteiger partial charge in [-0.25, -0.2) is 0 Å². The molecular weight excluding hydrogens is 546 g/mol. The van der Waals surface area contributed by atoms with Gasteiger partial charge < -0.3 is 9.30 Å². The first-order chi connectivity index (χ1) is 22.3. The highest BCUT2D eigenvalue weighted by Crippen LogP contribution is 2.55. The zero-order valence-corrected chi connectivity index (χ0v) is 24.6. The van der Waals surface area contributed by atoms with Gasteiger partial charge in [0.05, 0.1) is 16.4 Å². The third-order valence-electron chi connectivity index (χ3n) is 9.35. The summed E-state index contributed by atoms with van der Waals surface area (Å²) in [5, 5.41) is 2.54. The molecule has 0 atom stereocenters. The van der Waals surface area contributed by atoms with Crippen LogP contribution in [0.3, 0.4) is 0 Å². The van der Waals surface area contributed by atoms with E-state index in [1.165, 1.54) is 32.9 Å². The second kappa shape index (κ2) is 10.1. The highest BCUT2D eigenvalue weighted by molar-refractivity contribution is 6.09. The second-order valence-corrected chi connectivity index (χ2v) is 11.7. The van der Waals surface area contributed by atoms with Crippen molar-refractivity contribution < 1.29 is 4.74 Å². The molecule has 0 N–H and O–H groups in total. The van der Waals surface area contributed by atoms with Crippen LogP contribution in [0.15, 0.2) is 176 Å². The van der Waals surface area contributed by atoms with Gasteiger partial charge in [-0.2, -0.15) is 0 Å². The molecule has 8 aromatic rings. The molecule has 0 bridgehead atoms. The van der Waals surface area contributed by atoms with Crippen molar-refractivity contribution >= 4 is 21.8 Å². The van der Waals surface area contributed by atoms with E-state index in [2.05, 4.69) is 180 Å². The monoisotopic (exact) mass is 575 g/mol. The lowest BCUT2D eigenvalue weighted by Crippen LogP contribution is -2.34. The normalized spacial score (nSPS) is 13.2. The van der Waals surface area contributed by atoms with Crippen LogP contribution in [-0.4, -0.2) is 4.57 Å². The Hall–Kier alpha value is -5.86. The smallest absolute Gasteiger partial charge is 0.132 e. The Kier molecular flexibility index (Phi) is 5.76. The molecule has 0 saturated heterocycles. The summed E-state index contributed by atoms with van der Waals surface area (Å²) < 4.78 is 8.98. The Morgan fingerprint density at radius 2 is 0.911 bits per heavy atom. The van der Waals surface area contributed by atoms with E-state index in [4.69, 9.17) is 4.74 Å². The number of rotatable bonds is 4. The van der Waals surface area contributed by atoms with Crippen LogP contribution in [0.5, 0.6) is 11.5 Å². The van der Waals surface area contributed by atoms with Crippen LogP contribution in [0.1, 0.15) is 22.3 Å². The summed E-state index contributed by atoms with van der Waals surface area (Å²) in [6.45, 7) is 0. The summed E-state index contributed by atoms with van der Waals surface area (Å²) in [6.07, 6.45) is 0. The number of hydrogen-bond acceptors (Lipinski definition) is 1. The number of nitrogens with zero attached hydrogens (tertiary/aromatic N) is 1. The SMILES string of the molecule is c1ccc(C2(c3ccccc3)c3ccccc3Oc3ccc(-c4ccc(-n5c6ccccc6c6ccccc65)cc4)cc32)cc1. The summed E-state index contributed by atoms with van der Waals surface area (Å²) in [7, 11) is 0. The summed E-state index contributed by atoms with van der Waals surface area (Å²) in [5.41, 5.74) is 10.1. The Morgan fingerprint density at radius 1 is 0.400 bits per heavy atom. The van der Waals surface area contributed by atoms with Crippen molar-refractivity contribution in [2.75, 3.05) is 0 Å². The zero-order chi connectivity index (χ0) is 29.8. The number of para-hydroxylation sites is 3. The number of hydrogen-bond donors (Lipinski definition) is 0. The lowest BCUT2D eigenvalue weighted by atomic mass is 9.63. The van der Waals surface area contributed by atoms with E-state index in [1.807, 2.05) is 0 Å². The molecule has 1 aromatic heterocycles. The van der Waals surface area contributed by atoms with Crippen LogP contribution < -0.4 is 4.74 Å². The summed E-state index contributed by atoms with van der Waals surface area (Å²) >= 11 is 0. The van der Waals surface area contributed by atoms with Crippen LogP contribution in [-0.2, 0) is 5.41 Å². The van der Waals surface area contributed by atoms with Gasteiger partial charge in [-0.05, 0) is 64.7 Å². The molecule has 0 unspecified atom stereocenters. The lowest BCUT2D eigenvalue weighted by Gasteiger charge is -2.41. The predicted molar refractivity (Wildman–Crippen MR) is 185 cm³/mol. The van der Waals surface area contributed by atoms with E-state index in [1.54, 1.807) is 0 Å². The van der Waals surface area contributed by atoms with Crippen LogP contribution in [0, 0.1) is 0 Å². The van der Waals surface area contributed by atoms with Crippen molar-refractivity contribution in [1.29, 1.82) is 0 Å². The van der Waals surface area contributed by atoms with Gasteiger partial charge in [0.25, 0.3) is 0 Å². The maximum Gasteiger partial charge on any atom is 0.132 e. The summed E-state index contributed by atoms with van der Waals surface area (Å²) in [4.78, 5) is 0. The van der Waals surface area contributed by atoms with E-state index in [0.29, 0.717) is 0 Å². The topological polar surface area (TPSA) is 14.2 Å². The van der Waals surface area contributed by atoms with E-state index in [-0.39, 0.29) is 0 Å². The molecule has 0 amide bonds. The fourth-order valence-corrected chi connectivity index (χ4v) is 7.39. The van der Waals surface area contributed by atoms with E-state index in [0.717, 1.165) is 39.4 Å². The maximum atomic E-state index is 6.61. The van der Waals surface area contributed by atoms with Crippen LogP contribution in [0.2, 0.25) is 0 Å². The molecule has 0 fully saturated rings. The molecule has 7 aromatic carbocycles. The maximum absolute atomic E-state index is 6.61. The molecule has 9 rings (SSSR count). The third-order valence-corrected chi connectivity index (χ3v) is 9.35. The Labute approximate surface area is 262 Å². The summed E-state index contributed by atoms with van der Waals surface area (Å²) in [5.74, 6) is 1.77. The zero-order valence-electron chi connectivity index (χ0n) is 24.6. The van der Waals surface area contributed by atoms with Gasteiger partial charge in [0.1, 0.15) is 11.5 Å². The standard InChI is InChI=1S/C43H29NO/c1-3-13-32(14-4-1)43(33-15-5-2-6-16-33)37-19-9-12-22-41(37)45-42-28-25-31(29-38(42)43)30-23-26-34(27-24-30)44-39-20-10-7-17-35(39)36-18-8-11-21-40(36)44/h1-29H. The Morgan fingerprint density at radius 3 is 1.56 bits per heavy atom.